The monoisotopic (exact) mass is 653 g/mol. The molecule has 0 radical (unpaired) electrons. The van der Waals surface area contributed by atoms with Gasteiger partial charge in [-0.2, -0.15) is 5.10 Å². The molecule has 3 aromatic heterocycles. The number of nitrogens with one attached hydrogen (secondary N) is 4. The van der Waals surface area contributed by atoms with Crippen LogP contribution in [0.25, 0.3) is 22.2 Å². The summed E-state index contributed by atoms with van der Waals surface area (Å²) in [5.74, 6) is 1.44. The molecule has 13 nitrogen and oxygen atoms in total. The maximum absolute atomic E-state index is 12.3. The molecule has 4 aromatic rings. The molecule has 2 aliphatic rings. The predicted molar refractivity (Wildman–Crippen MR) is 174 cm³/mol. The topological polar surface area (TPSA) is 151 Å². The van der Waals surface area contributed by atoms with Crippen molar-refractivity contribution >= 4 is 57.5 Å². The zero-order valence-corrected chi connectivity index (χ0v) is 26.3. The van der Waals surface area contributed by atoms with Crippen molar-refractivity contribution in [3.05, 3.63) is 53.4 Å². The minimum absolute atomic E-state index is 0.0515. The van der Waals surface area contributed by atoms with Gasteiger partial charge in [-0.3, -0.25) is 9.89 Å². The van der Waals surface area contributed by atoms with E-state index in [9.17, 15) is 4.79 Å². The van der Waals surface area contributed by atoms with Crippen LogP contribution in [-0.4, -0.2) is 89.7 Å². The highest BCUT2D eigenvalue weighted by molar-refractivity contribution is 6.41. The number of ether oxygens (including phenoxy) is 3. The maximum atomic E-state index is 12.3. The minimum atomic E-state index is -0.260. The summed E-state index contributed by atoms with van der Waals surface area (Å²) in [4.78, 5) is 28.8. The van der Waals surface area contributed by atoms with E-state index in [0.29, 0.717) is 75.1 Å². The van der Waals surface area contributed by atoms with Crippen LogP contribution in [0.2, 0.25) is 10.0 Å². The average molecular weight is 655 g/mol. The molecule has 45 heavy (non-hydrogen) atoms. The van der Waals surface area contributed by atoms with Crippen molar-refractivity contribution in [2.24, 2.45) is 0 Å². The number of nitrogens with zero attached hydrogens (tertiary/aromatic N) is 5. The second kappa shape index (κ2) is 13.3. The molecule has 3 atom stereocenters. The van der Waals surface area contributed by atoms with Crippen molar-refractivity contribution in [1.29, 1.82) is 0 Å². The normalized spacial score (nSPS) is 19.5. The number of pyridine rings is 1. The van der Waals surface area contributed by atoms with Crippen LogP contribution in [0.4, 0.5) is 17.5 Å². The van der Waals surface area contributed by atoms with E-state index >= 15 is 0 Å². The Balaban J connectivity index is 1.37. The Morgan fingerprint density at radius 2 is 1.93 bits per heavy atom. The van der Waals surface area contributed by atoms with Gasteiger partial charge in [0.2, 0.25) is 11.9 Å². The second-order valence-corrected chi connectivity index (χ2v) is 11.5. The van der Waals surface area contributed by atoms with Gasteiger partial charge in [0, 0.05) is 55.7 Å². The number of amides is 1. The number of fused-ring (bicyclic) bond motifs is 1. The number of methoxy groups -OCH3 is 2. The van der Waals surface area contributed by atoms with Gasteiger partial charge in [0.25, 0.3) is 0 Å². The molecular formula is C30H33Cl2N9O4. The van der Waals surface area contributed by atoms with E-state index in [0.717, 1.165) is 25.1 Å². The molecule has 4 N–H and O–H groups in total. The number of carbonyl (C=O) groups excluding carboxylic acids is 1. The molecule has 15 heteroatoms. The molecule has 0 saturated carbocycles. The average Bonchev–Trinajstić information content (AvgIpc) is 3.84. The van der Waals surface area contributed by atoms with E-state index in [-0.39, 0.29) is 24.1 Å². The molecule has 2 fully saturated rings. The van der Waals surface area contributed by atoms with Crippen LogP contribution < -0.4 is 30.3 Å². The molecule has 1 unspecified atom stereocenters. The largest absolute Gasteiger partial charge is 0.495 e. The zero-order valence-electron chi connectivity index (χ0n) is 24.8. The Morgan fingerprint density at radius 1 is 1.16 bits per heavy atom. The molecule has 2 saturated heterocycles. The van der Waals surface area contributed by atoms with E-state index < -0.39 is 0 Å². The number of aromatic amines is 1. The summed E-state index contributed by atoms with van der Waals surface area (Å²) >= 11 is 13.5. The number of H-pyrrole nitrogens is 1. The first-order valence-corrected chi connectivity index (χ1v) is 15.2. The lowest BCUT2D eigenvalue weighted by Crippen LogP contribution is -2.45. The lowest BCUT2D eigenvalue weighted by Gasteiger charge is -2.21. The Kier molecular flexibility index (Phi) is 9.10. The molecule has 2 aliphatic heterocycles. The molecule has 0 aliphatic carbocycles. The molecule has 1 aromatic carbocycles. The van der Waals surface area contributed by atoms with Gasteiger partial charge < -0.3 is 35.1 Å². The van der Waals surface area contributed by atoms with Crippen molar-refractivity contribution in [3.8, 4) is 22.8 Å². The number of halogens is 2. The van der Waals surface area contributed by atoms with Crippen molar-refractivity contribution in [2.75, 3.05) is 56.0 Å². The van der Waals surface area contributed by atoms with Gasteiger partial charge in [0.05, 0.1) is 60.0 Å². The first kappa shape index (κ1) is 30.7. The summed E-state index contributed by atoms with van der Waals surface area (Å²) in [5.41, 5.74) is 2.46. The first-order valence-electron chi connectivity index (χ1n) is 14.4. The number of carbonyl (C=O) groups is 1. The highest BCUT2D eigenvalue weighted by Crippen LogP contribution is 2.46. The van der Waals surface area contributed by atoms with E-state index in [1.54, 1.807) is 18.5 Å². The molecule has 5 heterocycles. The Labute approximate surface area is 269 Å². The summed E-state index contributed by atoms with van der Waals surface area (Å²) in [6.45, 7) is 6.01. The molecule has 0 bridgehead atoms. The van der Waals surface area contributed by atoms with Crippen LogP contribution in [0.1, 0.15) is 12.8 Å². The fourth-order valence-electron chi connectivity index (χ4n) is 5.62. The van der Waals surface area contributed by atoms with Crippen molar-refractivity contribution in [2.45, 2.75) is 31.0 Å². The standard InChI is InChI=1S/C30H33Cl2N9O4/c1-4-24(42)37-20-14-41(17-11-35-36-12-17)15-21(20)39-30-34-10-16-8-19(25-26(31)22(43-2)9-23(44-3)27(25)32)38-29(28(16)40-30)33-13-18-6-5-7-45-18/h4,8-12,18,20-21H,1,5-7,13-15H2,2-3H3,(H,33,38)(H,35,36)(H,37,42)(H,34,39,40)/t18?,20-,21+/m0/s1. The third kappa shape index (κ3) is 6.42. The number of aromatic nitrogens is 5. The second-order valence-electron chi connectivity index (χ2n) is 10.7. The van der Waals surface area contributed by atoms with Crippen molar-refractivity contribution in [1.82, 2.24) is 30.5 Å². The third-order valence-electron chi connectivity index (χ3n) is 7.91. The fraction of sp³-hybridized carbons (Fsp3) is 0.367. The predicted octanol–water partition coefficient (Wildman–Crippen LogP) is 4.30. The molecule has 1 amide bonds. The Morgan fingerprint density at radius 3 is 2.60 bits per heavy atom. The SMILES string of the molecule is C=CC(=O)N[C@H]1CN(c2cn[nH]c2)C[C@H]1Nc1ncc2cc(-c3c(Cl)c(OC)cc(OC)c3Cl)nc(NCC3CCCO3)c2n1. The van der Waals surface area contributed by atoms with Crippen LogP contribution >= 0.6 is 23.2 Å². The molecule has 0 spiro atoms. The summed E-state index contributed by atoms with van der Waals surface area (Å²) in [6.07, 6.45) is 8.54. The first-order chi connectivity index (χ1) is 21.9. The van der Waals surface area contributed by atoms with E-state index in [1.807, 2.05) is 12.3 Å². The maximum Gasteiger partial charge on any atom is 0.243 e. The van der Waals surface area contributed by atoms with E-state index in [2.05, 4.69) is 42.6 Å². The minimum Gasteiger partial charge on any atom is -0.495 e. The van der Waals surface area contributed by atoms with Gasteiger partial charge in [-0.25, -0.2) is 15.0 Å². The summed E-state index contributed by atoms with van der Waals surface area (Å²) < 4.78 is 16.8. The lowest BCUT2D eigenvalue weighted by molar-refractivity contribution is -0.117. The number of anilines is 3. The quantitative estimate of drug-likeness (QED) is 0.171. The summed E-state index contributed by atoms with van der Waals surface area (Å²) in [6, 6.07) is 3.01. The van der Waals surface area contributed by atoms with Gasteiger partial charge >= 0.3 is 0 Å². The molecule has 236 valence electrons. The van der Waals surface area contributed by atoms with Gasteiger partial charge in [-0.1, -0.05) is 29.8 Å². The van der Waals surface area contributed by atoms with Crippen LogP contribution in [0.5, 0.6) is 11.5 Å². The van der Waals surface area contributed by atoms with Gasteiger partial charge in [0.1, 0.15) is 17.0 Å². The Bertz CT molecular complexity index is 1670. The van der Waals surface area contributed by atoms with Crippen LogP contribution in [-0.2, 0) is 9.53 Å². The van der Waals surface area contributed by atoms with E-state index in [4.69, 9.17) is 47.4 Å². The van der Waals surface area contributed by atoms with Crippen LogP contribution in [0.3, 0.4) is 0 Å². The Hall–Kier alpha value is -4.33. The van der Waals surface area contributed by atoms with Gasteiger partial charge in [-0.15, -0.1) is 0 Å². The summed E-state index contributed by atoms with van der Waals surface area (Å²) in [5, 5.41) is 18.1. The zero-order chi connectivity index (χ0) is 31.5. The van der Waals surface area contributed by atoms with E-state index in [1.165, 1.54) is 20.3 Å². The number of hydrogen-bond donors (Lipinski definition) is 4. The van der Waals surface area contributed by atoms with Crippen molar-refractivity contribution < 1.29 is 19.0 Å². The number of hydrogen-bond acceptors (Lipinski definition) is 11. The lowest BCUT2D eigenvalue weighted by atomic mass is 10.1. The van der Waals surface area contributed by atoms with Crippen LogP contribution in [0, 0.1) is 0 Å². The third-order valence-corrected chi connectivity index (χ3v) is 8.66. The highest BCUT2D eigenvalue weighted by atomic mass is 35.5. The van der Waals surface area contributed by atoms with Gasteiger partial charge in [-0.05, 0) is 25.0 Å². The fourth-order valence-corrected chi connectivity index (χ4v) is 6.31. The highest BCUT2D eigenvalue weighted by Gasteiger charge is 2.35. The number of benzene rings is 1. The number of rotatable bonds is 11. The molecule has 6 rings (SSSR count). The van der Waals surface area contributed by atoms with Gasteiger partial charge in [0.15, 0.2) is 5.82 Å². The van der Waals surface area contributed by atoms with Crippen molar-refractivity contribution in [3.63, 3.8) is 0 Å². The van der Waals surface area contributed by atoms with Crippen LogP contribution in [0.15, 0.2) is 43.4 Å². The summed E-state index contributed by atoms with van der Waals surface area (Å²) in [7, 11) is 3.05. The molecular weight excluding hydrogens is 621 g/mol. The smallest absolute Gasteiger partial charge is 0.243 e.